The maximum Gasteiger partial charge on any atom is 0.167 e. The molecule has 8 atom stereocenters. The van der Waals surface area contributed by atoms with Crippen LogP contribution in [0.3, 0.4) is 0 Å². The summed E-state index contributed by atoms with van der Waals surface area (Å²) in [5, 5.41) is 21.0. The lowest BCUT2D eigenvalue weighted by Gasteiger charge is -2.57. The van der Waals surface area contributed by atoms with Crippen LogP contribution in [0.2, 0.25) is 0 Å². The fraction of sp³-hybridized carbons (Fsp3) is 0.850. The average molecular weight is 334 g/mol. The molecule has 0 aromatic carbocycles. The number of ether oxygens (including phenoxy) is 1. The van der Waals surface area contributed by atoms with Crippen LogP contribution in [0.4, 0.5) is 0 Å². The lowest BCUT2D eigenvalue weighted by molar-refractivity contribution is -0.140. The molecule has 24 heavy (non-hydrogen) atoms. The predicted octanol–water partition coefficient (Wildman–Crippen LogP) is 2.47. The van der Waals surface area contributed by atoms with Crippen molar-refractivity contribution < 1.29 is 19.7 Å². The molecule has 0 saturated heterocycles. The van der Waals surface area contributed by atoms with Crippen molar-refractivity contribution in [2.75, 3.05) is 7.11 Å². The number of carbonyl (C=O) groups is 1. The van der Waals surface area contributed by atoms with Crippen molar-refractivity contribution in [2.45, 2.75) is 70.7 Å². The van der Waals surface area contributed by atoms with Crippen molar-refractivity contribution in [2.24, 2.45) is 28.6 Å². The molecule has 4 heteroatoms. The Morgan fingerprint density at radius 2 is 1.83 bits per heavy atom. The molecule has 0 aromatic heterocycles. The molecule has 0 aliphatic heterocycles. The van der Waals surface area contributed by atoms with Gasteiger partial charge in [-0.2, -0.15) is 0 Å². The molecule has 3 fully saturated rings. The first-order valence-electron chi connectivity index (χ1n) is 9.45. The van der Waals surface area contributed by atoms with E-state index in [-0.39, 0.29) is 40.7 Å². The quantitative estimate of drug-likeness (QED) is 0.723. The third-order valence-electron chi connectivity index (χ3n) is 8.10. The summed E-state index contributed by atoms with van der Waals surface area (Å²) in [7, 11) is 1.62. The third kappa shape index (κ3) is 2.06. The number of aliphatic hydroxyl groups is 2. The molecular weight excluding hydrogens is 304 g/mol. The van der Waals surface area contributed by atoms with Crippen LogP contribution < -0.4 is 0 Å². The van der Waals surface area contributed by atoms with Gasteiger partial charge < -0.3 is 14.9 Å². The molecule has 0 radical (unpaired) electrons. The largest absolute Gasteiger partial charge is 0.393 e. The Balaban J connectivity index is 1.73. The number of carbonyl (C=O) groups excluding carboxylic acids is 1. The molecule has 2 N–H and O–H groups in total. The van der Waals surface area contributed by atoms with Crippen molar-refractivity contribution in [3.05, 3.63) is 11.6 Å². The summed E-state index contributed by atoms with van der Waals surface area (Å²) in [5.74, 6) is 0.975. The Morgan fingerprint density at radius 3 is 2.54 bits per heavy atom. The predicted molar refractivity (Wildman–Crippen MR) is 90.3 cm³/mol. The number of Topliss-reactive ketones (excluding diaryl/α,β-unsaturated/α-hetero) is 1. The minimum atomic E-state index is -0.503. The van der Waals surface area contributed by atoms with Gasteiger partial charge in [-0.05, 0) is 61.7 Å². The van der Waals surface area contributed by atoms with E-state index < -0.39 is 6.10 Å². The molecular formula is C20H30O4. The molecule has 4 nitrogen and oxygen atoms in total. The lowest BCUT2D eigenvalue weighted by atomic mass is 9.47. The molecule has 0 bridgehead atoms. The summed E-state index contributed by atoms with van der Waals surface area (Å²) in [6.45, 7) is 4.41. The van der Waals surface area contributed by atoms with Gasteiger partial charge in [0.05, 0.1) is 12.2 Å². The summed E-state index contributed by atoms with van der Waals surface area (Å²) < 4.78 is 5.46. The summed E-state index contributed by atoms with van der Waals surface area (Å²) >= 11 is 0. The molecule has 3 saturated carbocycles. The summed E-state index contributed by atoms with van der Waals surface area (Å²) in [5.41, 5.74) is 0.961. The highest BCUT2D eigenvalue weighted by Crippen LogP contribution is 2.64. The van der Waals surface area contributed by atoms with Crippen LogP contribution in [0, 0.1) is 28.6 Å². The molecule has 0 spiro atoms. The van der Waals surface area contributed by atoms with Crippen LogP contribution >= 0.6 is 0 Å². The number of fused-ring (bicyclic) bond motifs is 5. The van der Waals surface area contributed by atoms with Crippen molar-refractivity contribution in [1.82, 2.24) is 0 Å². The van der Waals surface area contributed by atoms with Gasteiger partial charge in [0.2, 0.25) is 0 Å². The fourth-order valence-corrected chi connectivity index (χ4v) is 6.60. The first-order valence-corrected chi connectivity index (χ1v) is 9.45. The Labute approximate surface area is 144 Å². The second kappa shape index (κ2) is 5.39. The molecule has 0 unspecified atom stereocenters. The van der Waals surface area contributed by atoms with Gasteiger partial charge in [0.1, 0.15) is 6.10 Å². The SMILES string of the molecule is CO[C@@H]1C[C@H]2[C@@H]3[C@H](O)C=C4C[C@H](O)CC[C@]4(C)[C@H]3CC[C@]2(C)C1=O. The van der Waals surface area contributed by atoms with E-state index in [4.69, 9.17) is 4.74 Å². The monoisotopic (exact) mass is 334 g/mol. The number of ketones is 1. The first kappa shape index (κ1) is 16.7. The summed E-state index contributed by atoms with van der Waals surface area (Å²) in [4.78, 5) is 12.8. The van der Waals surface area contributed by atoms with E-state index in [2.05, 4.69) is 13.8 Å². The van der Waals surface area contributed by atoms with E-state index in [1.54, 1.807) is 7.11 Å². The first-order chi connectivity index (χ1) is 11.3. The van der Waals surface area contributed by atoms with E-state index >= 15 is 0 Å². The van der Waals surface area contributed by atoms with Crippen LogP contribution in [0.5, 0.6) is 0 Å². The van der Waals surface area contributed by atoms with E-state index in [9.17, 15) is 15.0 Å². The highest BCUT2D eigenvalue weighted by atomic mass is 16.5. The van der Waals surface area contributed by atoms with Gasteiger partial charge in [0.15, 0.2) is 5.78 Å². The van der Waals surface area contributed by atoms with Gasteiger partial charge in [-0.15, -0.1) is 0 Å². The van der Waals surface area contributed by atoms with Crippen LogP contribution in [-0.4, -0.2) is 41.4 Å². The molecule has 4 rings (SSSR count). The van der Waals surface area contributed by atoms with Crippen molar-refractivity contribution >= 4 is 5.78 Å². The number of hydrogen-bond acceptors (Lipinski definition) is 4. The van der Waals surface area contributed by atoms with Gasteiger partial charge in [-0.3, -0.25) is 4.79 Å². The Morgan fingerprint density at radius 1 is 1.12 bits per heavy atom. The zero-order chi connectivity index (χ0) is 17.3. The molecule has 0 amide bonds. The maximum atomic E-state index is 12.8. The zero-order valence-electron chi connectivity index (χ0n) is 15.0. The van der Waals surface area contributed by atoms with E-state index in [1.807, 2.05) is 6.08 Å². The summed E-state index contributed by atoms with van der Waals surface area (Å²) in [6.07, 6.45) is 6.08. The van der Waals surface area contributed by atoms with Gasteiger partial charge in [-0.1, -0.05) is 25.5 Å². The number of rotatable bonds is 1. The molecule has 4 aliphatic carbocycles. The maximum absolute atomic E-state index is 12.8. The van der Waals surface area contributed by atoms with Gasteiger partial charge in [0, 0.05) is 12.5 Å². The van der Waals surface area contributed by atoms with Gasteiger partial charge in [-0.25, -0.2) is 0 Å². The lowest BCUT2D eigenvalue weighted by Crippen LogP contribution is -2.54. The van der Waals surface area contributed by atoms with Crippen LogP contribution in [0.15, 0.2) is 11.6 Å². The van der Waals surface area contributed by atoms with Crippen molar-refractivity contribution in [3.8, 4) is 0 Å². The molecule has 0 heterocycles. The summed E-state index contributed by atoms with van der Waals surface area (Å²) in [6, 6.07) is 0. The number of hydrogen-bond donors (Lipinski definition) is 2. The number of aliphatic hydroxyl groups excluding tert-OH is 2. The second-order valence-corrected chi connectivity index (χ2v) is 9.07. The Bertz CT molecular complexity index is 584. The van der Waals surface area contributed by atoms with E-state index in [1.165, 1.54) is 5.57 Å². The topological polar surface area (TPSA) is 66.8 Å². The number of methoxy groups -OCH3 is 1. The molecule has 4 aliphatic rings. The van der Waals surface area contributed by atoms with Crippen molar-refractivity contribution in [3.63, 3.8) is 0 Å². The Kier molecular flexibility index (Phi) is 3.76. The van der Waals surface area contributed by atoms with Crippen LogP contribution in [-0.2, 0) is 9.53 Å². The fourth-order valence-electron chi connectivity index (χ4n) is 6.60. The van der Waals surface area contributed by atoms with Crippen LogP contribution in [0.1, 0.15) is 52.4 Å². The van der Waals surface area contributed by atoms with Gasteiger partial charge in [0.25, 0.3) is 0 Å². The highest BCUT2D eigenvalue weighted by molar-refractivity contribution is 5.91. The smallest absolute Gasteiger partial charge is 0.167 e. The third-order valence-corrected chi connectivity index (χ3v) is 8.10. The molecule has 134 valence electrons. The van der Waals surface area contributed by atoms with Crippen LogP contribution in [0.25, 0.3) is 0 Å². The molecule has 0 aromatic rings. The standard InChI is InChI=1S/C20H30O4/c1-19-6-4-12(21)8-11(19)9-15(22)17-13(19)5-7-20(2)14(17)10-16(24-3)18(20)23/h9,12-17,21-22H,4-8,10H2,1-3H3/t12-,13+,14+,15-,16-,17-,19+,20+/m1/s1. The normalized spacial score (nSPS) is 53.9. The minimum absolute atomic E-state index is 0.0681. The highest BCUT2D eigenvalue weighted by Gasteiger charge is 2.63. The Hall–Kier alpha value is -0.710. The average Bonchev–Trinajstić information content (AvgIpc) is 2.81. The van der Waals surface area contributed by atoms with E-state index in [0.29, 0.717) is 12.3 Å². The van der Waals surface area contributed by atoms with Gasteiger partial charge >= 0.3 is 0 Å². The van der Waals surface area contributed by atoms with E-state index in [0.717, 1.165) is 32.1 Å². The zero-order valence-corrected chi connectivity index (χ0v) is 15.0. The second-order valence-electron chi connectivity index (χ2n) is 9.07. The minimum Gasteiger partial charge on any atom is -0.393 e. The van der Waals surface area contributed by atoms with Crippen molar-refractivity contribution in [1.29, 1.82) is 0 Å².